The highest BCUT2D eigenvalue weighted by atomic mass is 32.2. The van der Waals surface area contributed by atoms with Gasteiger partial charge in [-0.05, 0) is 24.3 Å². The molecule has 23 heavy (non-hydrogen) atoms. The molecule has 0 spiro atoms. The zero-order valence-electron chi connectivity index (χ0n) is 13.4. The van der Waals surface area contributed by atoms with Crippen molar-refractivity contribution in [1.82, 2.24) is 15.3 Å². The number of hydrogen-bond donors (Lipinski definition) is 2. The first kappa shape index (κ1) is 16.1. The molecule has 1 amide bonds. The van der Waals surface area contributed by atoms with Crippen LogP contribution in [0.15, 0.2) is 41.7 Å². The molecule has 1 aliphatic carbocycles. The lowest BCUT2D eigenvalue weighted by Crippen LogP contribution is -2.41. The SMILES string of the molecule is C[C@H]1CCCC[C@@H]1NC(=O)CSc1ncc(-c2ccccc2)[nH]1. The van der Waals surface area contributed by atoms with Gasteiger partial charge in [0.25, 0.3) is 0 Å². The van der Waals surface area contributed by atoms with E-state index < -0.39 is 0 Å². The molecule has 0 saturated heterocycles. The van der Waals surface area contributed by atoms with Crippen LogP contribution in [0.2, 0.25) is 0 Å². The van der Waals surface area contributed by atoms with Gasteiger partial charge in [-0.3, -0.25) is 4.79 Å². The quantitative estimate of drug-likeness (QED) is 0.819. The average Bonchev–Trinajstić information content (AvgIpc) is 3.05. The molecule has 122 valence electrons. The number of hydrogen-bond acceptors (Lipinski definition) is 3. The summed E-state index contributed by atoms with van der Waals surface area (Å²) in [6.45, 7) is 2.23. The van der Waals surface area contributed by atoms with Crippen molar-refractivity contribution in [2.75, 3.05) is 5.75 Å². The number of carbonyl (C=O) groups excluding carboxylic acids is 1. The van der Waals surface area contributed by atoms with Crippen molar-refractivity contribution in [2.45, 2.75) is 43.8 Å². The maximum atomic E-state index is 12.1. The predicted molar refractivity (Wildman–Crippen MR) is 94.3 cm³/mol. The Morgan fingerprint density at radius 3 is 2.87 bits per heavy atom. The topological polar surface area (TPSA) is 57.8 Å². The van der Waals surface area contributed by atoms with Gasteiger partial charge < -0.3 is 10.3 Å². The Balaban J connectivity index is 1.50. The lowest BCUT2D eigenvalue weighted by Gasteiger charge is -2.29. The normalized spacial score (nSPS) is 21.1. The lowest BCUT2D eigenvalue weighted by atomic mass is 9.86. The Morgan fingerprint density at radius 2 is 2.09 bits per heavy atom. The van der Waals surface area contributed by atoms with Crippen LogP contribution in [-0.4, -0.2) is 27.7 Å². The van der Waals surface area contributed by atoms with Gasteiger partial charge in [0.1, 0.15) is 0 Å². The molecule has 0 aliphatic heterocycles. The molecule has 1 aliphatic rings. The summed E-state index contributed by atoms with van der Waals surface area (Å²) < 4.78 is 0. The first-order valence-electron chi connectivity index (χ1n) is 8.25. The number of H-pyrrole nitrogens is 1. The predicted octanol–water partition coefficient (Wildman–Crippen LogP) is 3.86. The summed E-state index contributed by atoms with van der Waals surface area (Å²) in [5.41, 5.74) is 2.08. The number of aromatic nitrogens is 2. The Kier molecular flexibility index (Phi) is 5.39. The average molecular weight is 329 g/mol. The molecule has 0 unspecified atom stereocenters. The van der Waals surface area contributed by atoms with Gasteiger partial charge in [0.2, 0.25) is 5.91 Å². The summed E-state index contributed by atoms with van der Waals surface area (Å²) in [4.78, 5) is 19.8. The number of rotatable bonds is 5. The third-order valence-corrected chi connectivity index (χ3v) is 5.32. The minimum atomic E-state index is 0.103. The van der Waals surface area contributed by atoms with Crippen LogP contribution in [0.3, 0.4) is 0 Å². The van der Waals surface area contributed by atoms with Crippen molar-refractivity contribution in [3.8, 4) is 11.3 Å². The Morgan fingerprint density at radius 1 is 1.30 bits per heavy atom. The van der Waals surface area contributed by atoms with Crippen LogP contribution in [0.25, 0.3) is 11.3 Å². The van der Waals surface area contributed by atoms with E-state index in [9.17, 15) is 4.79 Å². The molecule has 2 aromatic rings. The summed E-state index contributed by atoms with van der Waals surface area (Å²) in [6.07, 6.45) is 6.66. The summed E-state index contributed by atoms with van der Waals surface area (Å²) in [7, 11) is 0. The standard InChI is InChI=1S/C18H23N3OS/c1-13-7-5-6-10-15(13)20-17(22)12-23-18-19-11-16(21-18)14-8-3-2-4-9-14/h2-4,8-9,11,13,15H,5-7,10,12H2,1H3,(H,19,21)(H,20,22)/t13-,15-/m0/s1. The zero-order valence-corrected chi connectivity index (χ0v) is 14.2. The van der Waals surface area contributed by atoms with E-state index in [2.05, 4.69) is 22.2 Å². The van der Waals surface area contributed by atoms with Gasteiger partial charge in [-0.15, -0.1) is 0 Å². The fraction of sp³-hybridized carbons (Fsp3) is 0.444. The van der Waals surface area contributed by atoms with Crippen LogP contribution in [-0.2, 0) is 4.79 Å². The number of imidazole rings is 1. The van der Waals surface area contributed by atoms with E-state index >= 15 is 0 Å². The Hall–Kier alpha value is -1.75. The number of amides is 1. The highest BCUT2D eigenvalue weighted by molar-refractivity contribution is 7.99. The second kappa shape index (κ2) is 7.68. The third kappa shape index (κ3) is 4.38. The molecule has 4 nitrogen and oxygen atoms in total. The van der Waals surface area contributed by atoms with Crippen molar-refractivity contribution < 1.29 is 4.79 Å². The number of aromatic amines is 1. The molecular formula is C18H23N3OS. The van der Waals surface area contributed by atoms with Crippen LogP contribution in [0.1, 0.15) is 32.6 Å². The van der Waals surface area contributed by atoms with Crippen LogP contribution >= 0.6 is 11.8 Å². The number of carbonyl (C=O) groups is 1. The van der Waals surface area contributed by atoms with Gasteiger partial charge in [-0.25, -0.2) is 4.98 Å². The third-order valence-electron chi connectivity index (χ3n) is 4.44. The van der Waals surface area contributed by atoms with Crippen LogP contribution in [0, 0.1) is 5.92 Å². The minimum Gasteiger partial charge on any atom is -0.352 e. The van der Waals surface area contributed by atoms with E-state index in [-0.39, 0.29) is 5.91 Å². The number of nitrogens with zero attached hydrogens (tertiary/aromatic N) is 1. The summed E-state index contributed by atoms with van der Waals surface area (Å²) >= 11 is 1.46. The van der Waals surface area contributed by atoms with E-state index in [4.69, 9.17) is 0 Å². The molecule has 1 heterocycles. The largest absolute Gasteiger partial charge is 0.352 e. The molecule has 3 rings (SSSR count). The first-order valence-corrected chi connectivity index (χ1v) is 9.23. The van der Waals surface area contributed by atoms with Crippen LogP contribution < -0.4 is 5.32 Å². The van der Waals surface area contributed by atoms with Gasteiger partial charge in [0.15, 0.2) is 5.16 Å². The van der Waals surface area contributed by atoms with Crippen molar-refractivity contribution in [3.63, 3.8) is 0 Å². The smallest absolute Gasteiger partial charge is 0.230 e. The number of nitrogens with one attached hydrogen (secondary N) is 2. The van der Waals surface area contributed by atoms with Gasteiger partial charge >= 0.3 is 0 Å². The molecule has 0 radical (unpaired) electrons. The highest BCUT2D eigenvalue weighted by Crippen LogP contribution is 2.24. The molecule has 5 heteroatoms. The van der Waals surface area contributed by atoms with E-state index in [1.165, 1.54) is 31.0 Å². The maximum Gasteiger partial charge on any atom is 0.230 e. The van der Waals surface area contributed by atoms with Gasteiger partial charge in [-0.1, -0.05) is 61.9 Å². The molecule has 2 atom stereocenters. The minimum absolute atomic E-state index is 0.103. The molecule has 1 aromatic heterocycles. The van der Waals surface area contributed by atoms with Crippen molar-refractivity contribution in [1.29, 1.82) is 0 Å². The summed E-state index contributed by atoms with van der Waals surface area (Å²) in [5, 5.41) is 3.96. The molecule has 2 N–H and O–H groups in total. The van der Waals surface area contributed by atoms with Crippen LogP contribution in [0.4, 0.5) is 0 Å². The lowest BCUT2D eigenvalue weighted by molar-refractivity contribution is -0.119. The Bertz CT molecular complexity index is 641. The van der Waals surface area contributed by atoms with Gasteiger partial charge in [0.05, 0.1) is 17.6 Å². The van der Waals surface area contributed by atoms with E-state index in [0.717, 1.165) is 22.8 Å². The highest BCUT2D eigenvalue weighted by Gasteiger charge is 2.22. The van der Waals surface area contributed by atoms with Crippen molar-refractivity contribution in [2.24, 2.45) is 5.92 Å². The summed E-state index contributed by atoms with van der Waals surface area (Å²) in [6, 6.07) is 10.4. The zero-order chi connectivity index (χ0) is 16.1. The summed E-state index contributed by atoms with van der Waals surface area (Å²) in [5.74, 6) is 1.10. The first-order chi connectivity index (χ1) is 11.2. The fourth-order valence-electron chi connectivity index (χ4n) is 3.05. The molecule has 1 fully saturated rings. The van der Waals surface area contributed by atoms with E-state index in [1.54, 1.807) is 0 Å². The monoisotopic (exact) mass is 329 g/mol. The second-order valence-corrected chi connectivity index (χ2v) is 7.16. The Labute approximate surface area is 141 Å². The molecular weight excluding hydrogens is 306 g/mol. The van der Waals surface area contributed by atoms with E-state index in [0.29, 0.717) is 17.7 Å². The number of thioether (sulfide) groups is 1. The maximum absolute atomic E-state index is 12.1. The molecule has 1 saturated carbocycles. The molecule has 1 aromatic carbocycles. The van der Waals surface area contributed by atoms with Gasteiger partial charge in [0, 0.05) is 6.04 Å². The second-order valence-electron chi connectivity index (χ2n) is 6.19. The fourth-order valence-corrected chi connectivity index (χ4v) is 3.71. The number of benzene rings is 1. The van der Waals surface area contributed by atoms with Crippen molar-refractivity contribution >= 4 is 17.7 Å². The van der Waals surface area contributed by atoms with Crippen LogP contribution in [0.5, 0.6) is 0 Å². The van der Waals surface area contributed by atoms with Gasteiger partial charge in [-0.2, -0.15) is 0 Å². The van der Waals surface area contributed by atoms with E-state index in [1.807, 2.05) is 36.5 Å². The molecule has 0 bridgehead atoms. The van der Waals surface area contributed by atoms with Crippen molar-refractivity contribution in [3.05, 3.63) is 36.5 Å².